The molecule has 3 aromatic carbocycles. The lowest BCUT2D eigenvalue weighted by molar-refractivity contribution is -0.158. The molecule has 0 aliphatic carbocycles. The highest BCUT2D eigenvalue weighted by Gasteiger charge is 2.36. The first-order chi connectivity index (χ1) is 21.7. The van der Waals surface area contributed by atoms with Crippen LogP contribution in [0.15, 0.2) is 78.9 Å². The Hall–Kier alpha value is -4.33. The Morgan fingerprint density at radius 2 is 1.52 bits per heavy atom. The van der Waals surface area contributed by atoms with Crippen molar-refractivity contribution in [2.75, 3.05) is 0 Å². The van der Waals surface area contributed by atoms with E-state index in [2.05, 4.69) is 10.6 Å². The number of nitrogens with one attached hydrogen (secondary N) is 3. The van der Waals surface area contributed by atoms with Crippen LogP contribution in [0, 0.1) is 22.6 Å². The molecular formula is C38H48FN3O4. The normalized spacial score (nSPS) is 13.6. The molecule has 0 aromatic heterocycles. The summed E-state index contributed by atoms with van der Waals surface area (Å²) in [6.07, 6.45) is 2.58. The van der Waals surface area contributed by atoms with Crippen molar-refractivity contribution in [1.82, 2.24) is 10.6 Å². The standard InChI is InChI=1S/C38H48FN3O4/c1-26(28-15-9-7-10-16-28)41-36(45)34(37(2,3)4)42-35(44)30(25-33(43)46-38(5,6)22-23-40)19-13-14-27-20-21-31(32(39)24-27)29-17-11-8-12-18-29/h7-12,15-18,20-21,23-24,26,30,34,40H,13-14,19,22,25H2,1-6H3,(H,41,45)(H,42,44)/t26-,30-,34-/m1/s1. The third-order valence-corrected chi connectivity index (χ3v) is 7.98. The first-order valence-corrected chi connectivity index (χ1v) is 15.9. The fourth-order valence-corrected chi connectivity index (χ4v) is 5.34. The first kappa shape index (κ1) is 36.1. The quantitative estimate of drug-likeness (QED) is 0.119. The minimum absolute atomic E-state index is 0.187. The maximum absolute atomic E-state index is 15.0. The number of halogens is 1. The van der Waals surface area contributed by atoms with Crippen LogP contribution in [-0.2, 0) is 25.5 Å². The number of amides is 2. The Labute approximate surface area is 272 Å². The molecule has 0 saturated heterocycles. The monoisotopic (exact) mass is 629 g/mol. The number of esters is 1. The molecule has 0 radical (unpaired) electrons. The van der Waals surface area contributed by atoms with Crippen molar-refractivity contribution in [2.24, 2.45) is 11.3 Å². The van der Waals surface area contributed by atoms with Gasteiger partial charge in [0.15, 0.2) is 0 Å². The third-order valence-electron chi connectivity index (χ3n) is 7.98. The van der Waals surface area contributed by atoms with Crippen LogP contribution >= 0.6 is 0 Å². The predicted octanol–water partition coefficient (Wildman–Crippen LogP) is 7.59. The molecule has 246 valence electrons. The average Bonchev–Trinajstić information content (AvgIpc) is 2.99. The number of benzene rings is 3. The van der Waals surface area contributed by atoms with Crippen molar-refractivity contribution >= 4 is 24.0 Å². The van der Waals surface area contributed by atoms with Crippen LogP contribution in [-0.4, -0.2) is 35.6 Å². The van der Waals surface area contributed by atoms with E-state index in [9.17, 15) is 18.8 Å². The van der Waals surface area contributed by atoms with Gasteiger partial charge in [-0.05, 0) is 74.4 Å². The Morgan fingerprint density at radius 1 is 0.891 bits per heavy atom. The minimum atomic E-state index is -0.890. The van der Waals surface area contributed by atoms with E-state index in [1.165, 1.54) is 12.3 Å². The van der Waals surface area contributed by atoms with Gasteiger partial charge in [0.25, 0.3) is 0 Å². The van der Waals surface area contributed by atoms with E-state index < -0.39 is 34.9 Å². The molecule has 0 bridgehead atoms. The smallest absolute Gasteiger partial charge is 0.307 e. The highest BCUT2D eigenvalue weighted by atomic mass is 19.1. The molecule has 8 heteroatoms. The van der Waals surface area contributed by atoms with Crippen LogP contribution in [0.2, 0.25) is 0 Å². The van der Waals surface area contributed by atoms with Crippen LogP contribution in [0.1, 0.15) is 84.4 Å². The molecule has 0 aliphatic heterocycles. The van der Waals surface area contributed by atoms with Crippen molar-refractivity contribution in [1.29, 1.82) is 5.41 Å². The molecule has 0 spiro atoms. The summed E-state index contributed by atoms with van der Waals surface area (Å²) in [5, 5.41) is 13.3. The maximum Gasteiger partial charge on any atom is 0.307 e. The molecule has 0 saturated carbocycles. The van der Waals surface area contributed by atoms with E-state index >= 15 is 0 Å². The van der Waals surface area contributed by atoms with Crippen LogP contribution in [0.25, 0.3) is 11.1 Å². The third kappa shape index (κ3) is 10.9. The second-order valence-corrected chi connectivity index (χ2v) is 13.6. The van der Waals surface area contributed by atoms with Gasteiger partial charge in [-0.25, -0.2) is 4.39 Å². The summed E-state index contributed by atoms with van der Waals surface area (Å²) in [5.41, 5.74) is 1.53. The van der Waals surface area contributed by atoms with Gasteiger partial charge < -0.3 is 20.8 Å². The van der Waals surface area contributed by atoms with Gasteiger partial charge in [0, 0.05) is 17.9 Å². The molecule has 0 heterocycles. The van der Waals surface area contributed by atoms with Crippen LogP contribution < -0.4 is 10.6 Å². The largest absolute Gasteiger partial charge is 0.459 e. The summed E-state index contributed by atoms with van der Waals surface area (Å²) in [4.78, 5) is 40.3. The van der Waals surface area contributed by atoms with E-state index in [1.807, 2.05) is 94.4 Å². The summed E-state index contributed by atoms with van der Waals surface area (Å²) in [6.45, 7) is 10.9. The van der Waals surface area contributed by atoms with Gasteiger partial charge in [-0.15, -0.1) is 0 Å². The van der Waals surface area contributed by atoms with Gasteiger partial charge in [-0.1, -0.05) is 93.6 Å². The SMILES string of the molecule is C[C@@H](NC(=O)[C@@H](NC(=O)[C@H](CCCc1ccc(-c2ccccc2)c(F)c1)CC(=O)OC(C)(C)CC=N)C(C)(C)C)c1ccccc1. The Kier molecular flexibility index (Phi) is 12.8. The van der Waals surface area contributed by atoms with E-state index in [-0.39, 0.29) is 30.6 Å². The summed E-state index contributed by atoms with van der Waals surface area (Å²) in [7, 11) is 0. The number of carbonyl (C=O) groups excluding carboxylic acids is 3. The molecule has 2 amide bonds. The number of ether oxygens (including phenoxy) is 1. The van der Waals surface area contributed by atoms with Crippen molar-refractivity contribution < 1.29 is 23.5 Å². The lowest BCUT2D eigenvalue weighted by Gasteiger charge is -2.33. The summed E-state index contributed by atoms with van der Waals surface area (Å²) >= 11 is 0. The summed E-state index contributed by atoms with van der Waals surface area (Å²) in [6, 6.07) is 22.9. The fraction of sp³-hybridized carbons (Fsp3) is 0.421. The zero-order valence-electron chi connectivity index (χ0n) is 27.9. The summed E-state index contributed by atoms with van der Waals surface area (Å²) in [5.74, 6) is -2.39. The van der Waals surface area contributed by atoms with Crippen LogP contribution in [0.5, 0.6) is 0 Å². The summed E-state index contributed by atoms with van der Waals surface area (Å²) < 4.78 is 20.6. The highest BCUT2D eigenvalue weighted by molar-refractivity contribution is 5.90. The van der Waals surface area contributed by atoms with Crippen LogP contribution in [0.3, 0.4) is 0 Å². The van der Waals surface area contributed by atoms with Gasteiger partial charge in [0.1, 0.15) is 17.5 Å². The van der Waals surface area contributed by atoms with E-state index in [1.54, 1.807) is 19.9 Å². The van der Waals surface area contributed by atoms with Gasteiger partial charge >= 0.3 is 5.97 Å². The molecular weight excluding hydrogens is 581 g/mol. The molecule has 3 N–H and O–H groups in total. The maximum atomic E-state index is 15.0. The van der Waals surface area contributed by atoms with Gasteiger partial charge in [0.2, 0.25) is 11.8 Å². The van der Waals surface area contributed by atoms with Crippen molar-refractivity contribution in [3.8, 4) is 11.1 Å². The second kappa shape index (κ2) is 16.3. The first-order valence-electron chi connectivity index (χ1n) is 15.9. The number of hydrogen-bond acceptors (Lipinski definition) is 5. The number of rotatable bonds is 15. The Morgan fingerprint density at radius 3 is 2.11 bits per heavy atom. The number of carbonyl (C=O) groups is 3. The van der Waals surface area contributed by atoms with Crippen LogP contribution in [0.4, 0.5) is 4.39 Å². The van der Waals surface area contributed by atoms with Crippen molar-refractivity contribution in [3.05, 3.63) is 95.8 Å². The topological polar surface area (TPSA) is 108 Å². The number of hydrogen-bond donors (Lipinski definition) is 3. The Balaban J connectivity index is 1.75. The molecule has 0 unspecified atom stereocenters. The molecule has 3 rings (SSSR count). The van der Waals surface area contributed by atoms with Gasteiger partial charge in [0.05, 0.1) is 12.5 Å². The fourth-order valence-electron chi connectivity index (χ4n) is 5.34. The number of aryl methyl sites for hydroxylation is 1. The second-order valence-electron chi connectivity index (χ2n) is 13.6. The van der Waals surface area contributed by atoms with Gasteiger partial charge in [-0.2, -0.15) is 0 Å². The molecule has 7 nitrogen and oxygen atoms in total. The predicted molar refractivity (Wildman–Crippen MR) is 181 cm³/mol. The lowest BCUT2D eigenvalue weighted by Crippen LogP contribution is -2.55. The van der Waals surface area contributed by atoms with Crippen molar-refractivity contribution in [2.45, 2.75) is 91.3 Å². The zero-order valence-corrected chi connectivity index (χ0v) is 27.9. The Bertz CT molecular complexity index is 1470. The van der Waals surface area contributed by atoms with E-state index in [4.69, 9.17) is 10.1 Å². The molecule has 0 fully saturated rings. The molecule has 3 atom stereocenters. The van der Waals surface area contributed by atoms with Crippen molar-refractivity contribution in [3.63, 3.8) is 0 Å². The van der Waals surface area contributed by atoms with Gasteiger partial charge in [-0.3, -0.25) is 14.4 Å². The van der Waals surface area contributed by atoms with E-state index in [0.717, 1.165) is 16.7 Å². The molecule has 46 heavy (non-hydrogen) atoms. The molecule has 0 aliphatic rings. The zero-order chi connectivity index (χ0) is 33.9. The molecule has 3 aromatic rings. The average molecular weight is 630 g/mol. The lowest BCUT2D eigenvalue weighted by atomic mass is 9.85. The highest BCUT2D eigenvalue weighted by Crippen LogP contribution is 2.26. The minimum Gasteiger partial charge on any atom is -0.459 e. The van der Waals surface area contributed by atoms with E-state index in [0.29, 0.717) is 24.8 Å².